The number of carbonyl (C=O) groups is 1. The van der Waals surface area contributed by atoms with Gasteiger partial charge in [-0.3, -0.25) is 4.79 Å². The molecule has 3 heteroatoms. The number of allylic oxidation sites excluding steroid dienone is 4. The first kappa shape index (κ1) is 30.8. The van der Waals surface area contributed by atoms with Crippen LogP contribution in [0.25, 0.3) is 0 Å². The Bertz CT molecular complexity index is 1340. The molecular weight excluding hydrogens is 538 g/mol. The Labute approximate surface area is 267 Å². The number of benzene rings is 1. The molecule has 0 saturated heterocycles. The lowest BCUT2D eigenvalue weighted by molar-refractivity contribution is -0.219. The molecule has 240 valence electrons. The zero-order chi connectivity index (χ0) is 31.1. The van der Waals surface area contributed by atoms with Crippen molar-refractivity contribution in [3.8, 4) is 0 Å². The normalized spacial score (nSPS) is 46.0. The van der Waals surface area contributed by atoms with Gasteiger partial charge in [-0.2, -0.15) is 0 Å². The zero-order valence-corrected chi connectivity index (χ0v) is 28.6. The summed E-state index contributed by atoms with van der Waals surface area (Å²) >= 11 is 0. The quantitative estimate of drug-likeness (QED) is 0.352. The van der Waals surface area contributed by atoms with Crippen LogP contribution in [0.4, 0.5) is 0 Å². The van der Waals surface area contributed by atoms with Gasteiger partial charge in [0, 0.05) is 5.54 Å². The SMILES string of the molecule is CC1CCC2(N)CCC3(C)C(CCC4C5(C)CC=C(C6=CCC(C(=O)OCc7ccccc7)CC6)C(C)(C)C5CCC43C)C12. The minimum Gasteiger partial charge on any atom is -0.461 e. The van der Waals surface area contributed by atoms with E-state index in [1.165, 1.54) is 63.4 Å². The molecule has 0 radical (unpaired) electrons. The smallest absolute Gasteiger partial charge is 0.309 e. The molecule has 0 spiro atoms. The van der Waals surface area contributed by atoms with Crippen LogP contribution in [0.15, 0.2) is 53.6 Å². The Morgan fingerprint density at radius 1 is 0.864 bits per heavy atom. The summed E-state index contributed by atoms with van der Waals surface area (Å²) in [6.45, 7) is 16.2. The van der Waals surface area contributed by atoms with Crippen molar-refractivity contribution >= 4 is 5.97 Å². The van der Waals surface area contributed by atoms with Gasteiger partial charge in [-0.25, -0.2) is 0 Å². The van der Waals surface area contributed by atoms with Gasteiger partial charge in [0.25, 0.3) is 0 Å². The van der Waals surface area contributed by atoms with Gasteiger partial charge < -0.3 is 10.5 Å². The van der Waals surface area contributed by atoms with Crippen molar-refractivity contribution in [3.63, 3.8) is 0 Å². The lowest BCUT2D eigenvalue weighted by atomic mass is 9.33. The maximum Gasteiger partial charge on any atom is 0.309 e. The largest absolute Gasteiger partial charge is 0.461 e. The van der Waals surface area contributed by atoms with Crippen LogP contribution in [-0.2, 0) is 16.1 Å². The second kappa shape index (κ2) is 10.6. The van der Waals surface area contributed by atoms with Crippen LogP contribution in [0.5, 0.6) is 0 Å². The van der Waals surface area contributed by atoms with E-state index < -0.39 is 0 Å². The molecule has 2 N–H and O–H groups in total. The average Bonchev–Trinajstić information content (AvgIpc) is 3.31. The molecule has 1 aromatic carbocycles. The lowest BCUT2D eigenvalue weighted by Crippen LogP contribution is -2.67. The van der Waals surface area contributed by atoms with E-state index in [2.05, 4.69) is 53.7 Å². The maximum atomic E-state index is 12.9. The van der Waals surface area contributed by atoms with Gasteiger partial charge >= 0.3 is 5.97 Å². The van der Waals surface area contributed by atoms with E-state index in [9.17, 15) is 4.79 Å². The van der Waals surface area contributed by atoms with Crippen molar-refractivity contribution in [2.75, 3.05) is 0 Å². The third kappa shape index (κ3) is 4.40. The topological polar surface area (TPSA) is 52.3 Å². The highest BCUT2D eigenvalue weighted by Gasteiger charge is 2.69. The van der Waals surface area contributed by atoms with Crippen LogP contribution >= 0.6 is 0 Å². The summed E-state index contributed by atoms with van der Waals surface area (Å²) in [5.41, 5.74) is 12.7. The minimum absolute atomic E-state index is 0.0170. The van der Waals surface area contributed by atoms with E-state index in [1.807, 2.05) is 30.3 Å². The highest BCUT2D eigenvalue weighted by atomic mass is 16.5. The summed E-state index contributed by atoms with van der Waals surface area (Å²) in [4.78, 5) is 12.9. The molecule has 0 aromatic heterocycles. The molecule has 10 unspecified atom stereocenters. The molecule has 7 rings (SSSR count). The molecular formula is C41H59NO2. The zero-order valence-electron chi connectivity index (χ0n) is 28.6. The van der Waals surface area contributed by atoms with Gasteiger partial charge in [-0.15, -0.1) is 0 Å². The molecule has 44 heavy (non-hydrogen) atoms. The molecule has 4 fully saturated rings. The monoisotopic (exact) mass is 597 g/mol. The predicted octanol–water partition coefficient (Wildman–Crippen LogP) is 9.81. The van der Waals surface area contributed by atoms with Crippen LogP contribution < -0.4 is 5.73 Å². The number of fused-ring (bicyclic) bond motifs is 7. The molecule has 0 heterocycles. The van der Waals surface area contributed by atoms with E-state index in [0.29, 0.717) is 28.8 Å². The molecule has 1 aromatic rings. The van der Waals surface area contributed by atoms with E-state index >= 15 is 0 Å². The summed E-state index contributed by atoms with van der Waals surface area (Å²) in [7, 11) is 0. The minimum atomic E-state index is -0.0362. The summed E-state index contributed by atoms with van der Waals surface area (Å²) in [6.07, 6.45) is 19.6. The number of hydrogen-bond acceptors (Lipinski definition) is 3. The molecule has 4 saturated carbocycles. The number of ether oxygens (including phenoxy) is 1. The summed E-state index contributed by atoms with van der Waals surface area (Å²) < 4.78 is 5.72. The van der Waals surface area contributed by atoms with Gasteiger partial charge in [0.1, 0.15) is 6.61 Å². The maximum absolute atomic E-state index is 12.9. The summed E-state index contributed by atoms with van der Waals surface area (Å²) in [5.74, 6) is 3.72. The van der Waals surface area contributed by atoms with E-state index in [4.69, 9.17) is 10.5 Å². The Morgan fingerprint density at radius 3 is 2.36 bits per heavy atom. The third-order valence-corrected chi connectivity index (χ3v) is 15.7. The van der Waals surface area contributed by atoms with E-state index in [1.54, 1.807) is 5.57 Å². The fourth-order valence-corrected chi connectivity index (χ4v) is 13.3. The van der Waals surface area contributed by atoms with Gasteiger partial charge in [-0.05, 0) is 145 Å². The molecule has 0 aliphatic heterocycles. The van der Waals surface area contributed by atoms with Gasteiger partial charge in [-0.1, -0.05) is 84.0 Å². The van der Waals surface area contributed by atoms with Crippen molar-refractivity contribution < 1.29 is 9.53 Å². The van der Waals surface area contributed by atoms with Gasteiger partial charge in [0.2, 0.25) is 0 Å². The standard InChI is InChI=1S/C41H59NO2/c1-27-18-23-41(42)25-24-39(5)32(35(27)41)16-17-34-38(4)21-19-31(37(2,3)33(38)20-22-40(34,39)6)29-12-14-30(15-13-29)36(43)44-26-28-10-8-7-9-11-28/h7-12,19,27,30,32-35H,13-18,20-26,42H2,1-6H3. The molecule has 6 aliphatic carbocycles. The van der Waals surface area contributed by atoms with Crippen LogP contribution in [0.2, 0.25) is 0 Å². The molecule has 3 nitrogen and oxygen atoms in total. The van der Waals surface area contributed by atoms with Crippen molar-refractivity contribution in [2.24, 2.45) is 62.9 Å². The fourth-order valence-electron chi connectivity index (χ4n) is 13.3. The first-order valence-corrected chi connectivity index (χ1v) is 18.2. The second-order valence-corrected chi connectivity index (χ2v) is 17.8. The fraction of sp³-hybridized carbons (Fsp3) is 0.732. The molecule has 0 amide bonds. The summed E-state index contributed by atoms with van der Waals surface area (Å²) in [6, 6.07) is 10.0. The first-order valence-electron chi connectivity index (χ1n) is 18.2. The second-order valence-electron chi connectivity index (χ2n) is 17.8. The van der Waals surface area contributed by atoms with E-state index in [-0.39, 0.29) is 22.8 Å². The van der Waals surface area contributed by atoms with Gasteiger partial charge in [0.05, 0.1) is 5.92 Å². The highest BCUT2D eigenvalue weighted by Crippen LogP contribution is 2.76. The molecule has 0 bridgehead atoms. The number of rotatable bonds is 4. The lowest BCUT2D eigenvalue weighted by Gasteiger charge is -2.72. The van der Waals surface area contributed by atoms with Crippen molar-refractivity contribution in [1.82, 2.24) is 0 Å². The average molecular weight is 598 g/mol. The Hall–Kier alpha value is -1.87. The summed E-state index contributed by atoms with van der Waals surface area (Å²) in [5, 5.41) is 0. The van der Waals surface area contributed by atoms with Gasteiger partial charge in [0.15, 0.2) is 0 Å². The van der Waals surface area contributed by atoms with Crippen LogP contribution in [0, 0.1) is 57.2 Å². The number of carbonyl (C=O) groups excluding carboxylic acids is 1. The third-order valence-electron chi connectivity index (χ3n) is 15.7. The van der Waals surface area contributed by atoms with E-state index in [0.717, 1.165) is 48.5 Å². The van der Waals surface area contributed by atoms with Crippen molar-refractivity contribution in [1.29, 1.82) is 0 Å². The Morgan fingerprint density at radius 2 is 1.64 bits per heavy atom. The Kier molecular flexibility index (Phi) is 7.40. The molecule has 10 atom stereocenters. The predicted molar refractivity (Wildman–Crippen MR) is 179 cm³/mol. The number of nitrogens with two attached hydrogens (primary N) is 1. The van der Waals surface area contributed by atoms with Crippen molar-refractivity contribution in [2.45, 2.75) is 131 Å². The van der Waals surface area contributed by atoms with Crippen LogP contribution in [0.3, 0.4) is 0 Å². The van der Waals surface area contributed by atoms with Crippen molar-refractivity contribution in [3.05, 3.63) is 59.2 Å². The number of hydrogen-bond donors (Lipinski definition) is 1. The first-order chi connectivity index (χ1) is 20.8. The van der Waals surface area contributed by atoms with Crippen LogP contribution in [0.1, 0.15) is 124 Å². The highest BCUT2D eigenvalue weighted by molar-refractivity contribution is 5.73. The van der Waals surface area contributed by atoms with Crippen LogP contribution in [-0.4, -0.2) is 11.5 Å². The number of esters is 1. The Balaban J connectivity index is 1.09. The molecule has 6 aliphatic rings.